The number of H-pyrrole nitrogens is 1. The number of carbonyl (C=O) groups is 3. The number of hydrogen-bond acceptors (Lipinski definition) is 8. The zero-order valence-corrected chi connectivity index (χ0v) is 24.4. The van der Waals surface area contributed by atoms with Crippen LogP contribution in [-0.2, 0) is 25.5 Å². The molecule has 2 N–H and O–H groups in total. The number of amides is 2. The van der Waals surface area contributed by atoms with E-state index in [2.05, 4.69) is 20.5 Å². The SMILES string of the molecule is O=C(Cc1cccc(Cl)c1)N[C@@H]1C(=O)N2C(C(=O)OC(c3ccccc3)c3ccccc3)=C(Sc3ncn[nH]3)CS[C@H]12. The highest BCUT2D eigenvalue weighted by Gasteiger charge is 2.55. The van der Waals surface area contributed by atoms with Gasteiger partial charge in [0.2, 0.25) is 5.91 Å². The lowest BCUT2D eigenvalue weighted by atomic mass is 10.0. The number of benzene rings is 3. The summed E-state index contributed by atoms with van der Waals surface area (Å²) in [5.41, 5.74) is 2.47. The molecule has 9 nitrogen and oxygen atoms in total. The highest BCUT2D eigenvalue weighted by molar-refractivity contribution is 8.06. The fourth-order valence-electron chi connectivity index (χ4n) is 4.82. The summed E-state index contributed by atoms with van der Waals surface area (Å²) in [4.78, 5) is 46.5. The van der Waals surface area contributed by atoms with Gasteiger partial charge in [0.25, 0.3) is 5.91 Å². The van der Waals surface area contributed by atoms with Crippen LogP contribution in [0.5, 0.6) is 0 Å². The molecule has 1 aromatic heterocycles. The van der Waals surface area contributed by atoms with E-state index in [9.17, 15) is 14.4 Å². The number of carbonyl (C=O) groups excluding carboxylic acids is 3. The van der Waals surface area contributed by atoms with E-state index < -0.39 is 23.5 Å². The number of aromatic amines is 1. The van der Waals surface area contributed by atoms with Crippen molar-refractivity contribution in [2.75, 3.05) is 5.75 Å². The minimum absolute atomic E-state index is 0.0783. The van der Waals surface area contributed by atoms with Crippen LogP contribution in [0.2, 0.25) is 5.02 Å². The summed E-state index contributed by atoms with van der Waals surface area (Å²) in [7, 11) is 0. The van der Waals surface area contributed by atoms with Gasteiger partial charge >= 0.3 is 5.97 Å². The number of nitrogens with zero attached hydrogens (tertiary/aromatic N) is 3. The number of nitrogens with one attached hydrogen (secondary N) is 2. The quantitative estimate of drug-likeness (QED) is 0.204. The Hall–Kier alpha value is -4.06. The van der Waals surface area contributed by atoms with Crippen LogP contribution in [0.25, 0.3) is 0 Å². The van der Waals surface area contributed by atoms with Gasteiger partial charge in [0, 0.05) is 15.7 Å². The zero-order chi connectivity index (χ0) is 29.1. The van der Waals surface area contributed by atoms with Gasteiger partial charge in [-0.05, 0) is 28.8 Å². The molecule has 0 unspecified atom stereocenters. The summed E-state index contributed by atoms with van der Waals surface area (Å²) in [5, 5.41) is 10.1. The molecule has 1 fully saturated rings. The van der Waals surface area contributed by atoms with E-state index in [4.69, 9.17) is 16.3 Å². The van der Waals surface area contributed by atoms with Gasteiger partial charge in [-0.3, -0.25) is 19.6 Å². The van der Waals surface area contributed by atoms with Crippen molar-refractivity contribution in [3.63, 3.8) is 0 Å². The summed E-state index contributed by atoms with van der Waals surface area (Å²) in [6.07, 6.45) is 0.761. The van der Waals surface area contributed by atoms with Crippen molar-refractivity contribution in [1.82, 2.24) is 25.4 Å². The maximum absolute atomic E-state index is 14.0. The number of esters is 1. The average Bonchev–Trinajstić information content (AvgIpc) is 3.52. The molecule has 42 heavy (non-hydrogen) atoms. The van der Waals surface area contributed by atoms with Gasteiger partial charge in [-0.15, -0.1) is 11.8 Å². The molecule has 212 valence electrons. The van der Waals surface area contributed by atoms with Crippen LogP contribution < -0.4 is 5.32 Å². The van der Waals surface area contributed by atoms with Crippen LogP contribution in [-0.4, -0.2) is 55.0 Å². The van der Waals surface area contributed by atoms with Crippen LogP contribution in [0.3, 0.4) is 0 Å². The third-order valence-electron chi connectivity index (χ3n) is 6.74. The van der Waals surface area contributed by atoms with Gasteiger partial charge in [0.1, 0.15) is 23.4 Å². The number of β-lactam (4-membered cyclic amide) rings is 1. The maximum atomic E-state index is 14.0. The third kappa shape index (κ3) is 5.94. The number of fused-ring (bicyclic) bond motifs is 1. The maximum Gasteiger partial charge on any atom is 0.356 e. The Bertz CT molecular complexity index is 1600. The molecule has 2 amide bonds. The van der Waals surface area contributed by atoms with E-state index in [1.165, 1.54) is 34.8 Å². The first-order valence-corrected chi connectivity index (χ1v) is 15.3. The van der Waals surface area contributed by atoms with Crippen LogP contribution in [0.1, 0.15) is 22.8 Å². The molecule has 3 heterocycles. The Balaban J connectivity index is 1.26. The Kier molecular flexibility index (Phi) is 8.31. The summed E-state index contributed by atoms with van der Waals surface area (Å²) in [6, 6.07) is 25.1. The van der Waals surface area contributed by atoms with E-state index in [1.54, 1.807) is 24.3 Å². The van der Waals surface area contributed by atoms with Gasteiger partial charge < -0.3 is 10.1 Å². The van der Waals surface area contributed by atoms with E-state index in [-0.39, 0.29) is 23.9 Å². The number of halogens is 1. The van der Waals surface area contributed by atoms with E-state index in [0.29, 0.717) is 20.8 Å². The molecule has 3 aromatic carbocycles. The second kappa shape index (κ2) is 12.4. The van der Waals surface area contributed by atoms with Crippen molar-refractivity contribution in [2.45, 2.75) is 29.1 Å². The predicted molar refractivity (Wildman–Crippen MR) is 160 cm³/mol. The number of hydrogen-bond donors (Lipinski definition) is 2. The molecule has 12 heteroatoms. The van der Waals surface area contributed by atoms with Gasteiger partial charge in [-0.1, -0.05) is 96.2 Å². The Morgan fingerprint density at radius 3 is 2.43 bits per heavy atom. The van der Waals surface area contributed by atoms with Crippen molar-refractivity contribution in [1.29, 1.82) is 0 Å². The number of aromatic nitrogens is 3. The predicted octanol–water partition coefficient (Wildman–Crippen LogP) is 4.74. The summed E-state index contributed by atoms with van der Waals surface area (Å²) < 4.78 is 6.16. The molecule has 4 aromatic rings. The molecule has 2 aliphatic heterocycles. The van der Waals surface area contributed by atoms with Gasteiger partial charge in [-0.2, -0.15) is 5.10 Å². The molecule has 0 spiro atoms. The average molecular weight is 618 g/mol. The van der Waals surface area contributed by atoms with Crippen LogP contribution in [0, 0.1) is 0 Å². The first-order chi connectivity index (χ1) is 20.5. The largest absolute Gasteiger partial charge is 0.448 e. The number of rotatable bonds is 9. The molecular formula is C30H24ClN5O4S2. The highest BCUT2D eigenvalue weighted by Crippen LogP contribution is 2.45. The molecule has 2 aliphatic rings. The minimum atomic E-state index is -0.777. The number of thioether (sulfide) groups is 2. The van der Waals surface area contributed by atoms with Gasteiger partial charge in [0.05, 0.1) is 6.42 Å². The van der Waals surface area contributed by atoms with Gasteiger partial charge in [-0.25, -0.2) is 9.78 Å². The summed E-state index contributed by atoms with van der Waals surface area (Å²) in [5.74, 6) is -0.923. The Morgan fingerprint density at radius 1 is 1.07 bits per heavy atom. The third-order valence-corrected chi connectivity index (χ3v) is 9.41. The van der Waals surface area contributed by atoms with Crippen LogP contribution in [0.15, 0.2) is 107 Å². The highest BCUT2D eigenvalue weighted by atomic mass is 35.5. The molecule has 0 bridgehead atoms. The van der Waals surface area contributed by atoms with E-state index in [1.807, 2.05) is 60.7 Å². The second-order valence-electron chi connectivity index (χ2n) is 9.53. The normalized spacial score (nSPS) is 18.0. The van der Waals surface area contributed by atoms with Crippen molar-refractivity contribution in [3.05, 3.63) is 124 Å². The Morgan fingerprint density at radius 2 is 1.79 bits per heavy atom. The van der Waals surface area contributed by atoms with Crippen molar-refractivity contribution in [2.24, 2.45) is 0 Å². The minimum Gasteiger partial charge on any atom is -0.448 e. The lowest BCUT2D eigenvalue weighted by molar-refractivity contribution is -0.154. The zero-order valence-electron chi connectivity index (χ0n) is 22.0. The molecule has 0 radical (unpaired) electrons. The first kappa shape index (κ1) is 28.1. The van der Waals surface area contributed by atoms with Crippen LogP contribution in [0.4, 0.5) is 0 Å². The molecule has 2 atom stereocenters. The van der Waals surface area contributed by atoms with Gasteiger partial charge in [0.15, 0.2) is 11.3 Å². The van der Waals surface area contributed by atoms with E-state index >= 15 is 0 Å². The topological polar surface area (TPSA) is 117 Å². The Labute approximate surface area is 255 Å². The monoisotopic (exact) mass is 617 g/mol. The molecule has 0 aliphatic carbocycles. The fourth-order valence-corrected chi connectivity index (χ4v) is 7.38. The standard InChI is InChI=1S/C30H24ClN5O4S2/c31-21-13-7-8-18(14-21)15-23(37)34-24-27(38)36-25(22(16-41-28(24)36)42-30-32-17-33-35-30)29(39)40-26(19-9-3-1-4-10-19)20-11-5-2-6-12-20/h1-14,17,24,26,28H,15-16H2,(H,34,37)(H,32,33,35)/t24-,28-/m1/s1. The number of ether oxygens (including phenoxy) is 1. The first-order valence-electron chi connectivity index (χ1n) is 13.0. The smallest absolute Gasteiger partial charge is 0.356 e. The van der Waals surface area contributed by atoms with Crippen molar-refractivity contribution >= 4 is 52.9 Å². The lowest BCUT2D eigenvalue weighted by Gasteiger charge is -2.49. The molecule has 0 saturated carbocycles. The summed E-state index contributed by atoms with van der Waals surface area (Å²) in [6.45, 7) is 0. The summed E-state index contributed by atoms with van der Waals surface area (Å²) >= 11 is 8.73. The fraction of sp³-hybridized carbons (Fsp3) is 0.167. The van der Waals surface area contributed by atoms with Crippen molar-refractivity contribution in [3.8, 4) is 0 Å². The molecule has 1 saturated heterocycles. The molecule has 6 rings (SSSR count). The van der Waals surface area contributed by atoms with Crippen LogP contribution >= 0.6 is 35.1 Å². The van der Waals surface area contributed by atoms with Crippen molar-refractivity contribution < 1.29 is 19.1 Å². The van der Waals surface area contributed by atoms with E-state index in [0.717, 1.165) is 16.7 Å². The second-order valence-corrected chi connectivity index (χ2v) is 12.2. The molecular weight excluding hydrogens is 594 g/mol. The lowest BCUT2D eigenvalue weighted by Crippen LogP contribution is -2.70.